The van der Waals surface area contributed by atoms with Gasteiger partial charge in [0.25, 0.3) is 0 Å². The van der Waals surface area contributed by atoms with Gasteiger partial charge in [-0.3, -0.25) is 14.6 Å². The SMILES string of the molecule is Cc1cc(N2CCN(CC(=O)N3CCN(C4CCC4)CC3)CC2)ccc1F. The number of carbonyl (C=O) groups is 1. The predicted molar refractivity (Wildman–Crippen MR) is 106 cm³/mol. The highest BCUT2D eigenvalue weighted by Gasteiger charge is 2.30. The lowest BCUT2D eigenvalue weighted by molar-refractivity contribution is -0.134. The van der Waals surface area contributed by atoms with Crippen LogP contribution in [0.2, 0.25) is 0 Å². The van der Waals surface area contributed by atoms with Crippen LogP contribution in [0, 0.1) is 12.7 Å². The first-order chi connectivity index (χ1) is 13.1. The number of aryl methyl sites for hydroxylation is 1. The Morgan fingerprint density at radius 3 is 2.33 bits per heavy atom. The van der Waals surface area contributed by atoms with E-state index in [1.807, 2.05) is 17.0 Å². The first-order valence-electron chi connectivity index (χ1n) is 10.4. The van der Waals surface area contributed by atoms with E-state index in [-0.39, 0.29) is 11.7 Å². The van der Waals surface area contributed by atoms with Crippen molar-refractivity contribution in [1.82, 2.24) is 14.7 Å². The predicted octanol–water partition coefficient (Wildman–Crippen LogP) is 1.95. The highest BCUT2D eigenvalue weighted by Crippen LogP contribution is 2.25. The van der Waals surface area contributed by atoms with E-state index in [0.717, 1.165) is 64.1 Å². The van der Waals surface area contributed by atoms with E-state index in [0.29, 0.717) is 12.1 Å². The highest BCUT2D eigenvalue weighted by molar-refractivity contribution is 5.78. The fraction of sp³-hybridized carbons (Fsp3) is 0.667. The summed E-state index contributed by atoms with van der Waals surface area (Å²) in [7, 11) is 0. The van der Waals surface area contributed by atoms with Gasteiger partial charge in [-0.1, -0.05) is 6.42 Å². The van der Waals surface area contributed by atoms with Gasteiger partial charge in [0.05, 0.1) is 6.54 Å². The van der Waals surface area contributed by atoms with Crippen LogP contribution in [0.5, 0.6) is 0 Å². The molecule has 1 saturated carbocycles. The van der Waals surface area contributed by atoms with Crippen molar-refractivity contribution in [2.45, 2.75) is 32.2 Å². The number of halogens is 1. The number of hydrogen-bond donors (Lipinski definition) is 0. The minimum absolute atomic E-state index is 0.152. The summed E-state index contributed by atoms with van der Waals surface area (Å²) < 4.78 is 13.5. The summed E-state index contributed by atoms with van der Waals surface area (Å²) in [5.74, 6) is 0.120. The monoisotopic (exact) mass is 374 g/mol. The molecule has 0 aromatic heterocycles. The van der Waals surface area contributed by atoms with Gasteiger partial charge in [-0.15, -0.1) is 0 Å². The number of carbonyl (C=O) groups excluding carboxylic acids is 1. The van der Waals surface area contributed by atoms with E-state index < -0.39 is 0 Å². The van der Waals surface area contributed by atoms with Crippen LogP contribution in [0.1, 0.15) is 24.8 Å². The lowest BCUT2D eigenvalue weighted by Gasteiger charge is -2.43. The van der Waals surface area contributed by atoms with E-state index in [9.17, 15) is 9.18 Å². The Morgan fingerprint density at radius 1 is 1.04 bits per heavy atom. The minimum Gasteiger partial charge on any atom is -0.369 e. The molecule has 5 nitrogen and oxygen atoms in total. The van der Waals surface area contributed by atoms with Gasteiger partial charge in [-0.25, -0.2) is 4.39 Å². The van der Waals surface area contributed by atoms with Gasteiger partial charge in [0, 0.05) is 64.1 Å². The Kier molecular flexibility index (Phi) is 5.64. The summed E-state index contributed by atoms with van der Waals surface area (Å²) in [4.78, 5) is 21.8. The van der Waals surface area contributed by atoms with E-state index >= 15 is 0 Å². The fourth-order valence-electron chi connectivity index (χ4n) is 4.37. The molecular formula is C21H31FN4O. The van der Waals surface area contributed by atoms with Gasteiger partial charge in [0.2, 0.25) is 5.91 Å². The molecule has 6 heteroatoms. The molecule has 0 unspecified atom stereocenters. The zero-order valence-corrected chi connectivity index (χ0v) is 16.4. The molecule has 3 fully saturated rings. The standard InChI is InChI=1S/C21H31FN4O/c1-17-15-19(5-6-20(17)22)25-9-7-23(8-10-25)16-21(27)26-13-11-24(12-14-26)18-3-2-4-18/h5-6,15,18H,2-4,7-14,16H2,1H3. The lowest BCUT2D eigenvalue weighted by atomic mass is 9.91. The van der Waals surface area contributed by atoms with Crippen molar-refractivity contribution >= 4 is 11.6 Å². The van der Waals surface area contributed by atoms with Crippen LogP contribution in [0.15, 0.2) is 18.2 Å². The molecule has 0 atom stereocenters. The van der Waals surface area contributed by atoms with Crippen LogP contribution in [0.3, 0.4) is 0 Å². The fourth-order valence-corrected chi connectivity index (χ4v) is 4.37. The third-order valence-electron chi connectivity index (χ3n) is 6.50. The smallest absolute Gasteiger partial charge is 0.236 e. The molecule has 1 amide bonds. The molecular weight excluding hydrogens is 343 g/mol. The molecule has 2 saturated heterocycles. The van der Waals surface area contributed by atoms with E-state index in [4.69, 9.17) is 0 Å². The van der Waals surface area contributed by atoms with Gasteiger partial charge >= 0.3 is 0 Å². The maximum atomic E-state index is 13.5. The van der Waals surface area contributed by atoms with Crippen LogP contribution in [0.4, 0.5) is 10.1 Å². The maximum absolute atomic E-state index is 13.5. The molecule has 3 aliphatic rings. The van der Waals surface area contributed by atoms with Crippen LogP contribution < -0.4 is 4.90 Å². The quantitative estimate of drug-likeness (QED) is 0.806. The molecule has 0 radical (unpaired) electrons. The average molecular weight is 375 g/mol. The number of anilines is 1. The molecule has 1 aromatic rings. The normalized spacial score (nSPS) is 22.7. The van der Waals surface area contributed by atoms with Crippen LogP contribution in [-0.4, -0.2) is 85.6 Å². The molecule has 2 aliphatic heterocycles. The Balaban J connectivity index is 1.22. The molecule has 148 valence electrons. The van der Waals surface area contributed by atoms with Crippen LogP contribution in [0.25, 0.3) is 0 Å². The van der Waals surface area contributed by atoms with Crippen molar-refractivity contribution in [3.05, 3.63) is 29.6 Å². The molecule has 0 bridgehead atoms. The number of nitrogens with zero attached hydrogens (tertiary/aromatic N) is 4. The van der Waals surface area contributed by atoms with E-state index in [1.165, 1.54) is 19.3 Å². The second kappa shape index (κ2) is 8.15. The zero-order valence-electron chi connectivity index (χ0n) is 16.4. The Bertz CT molecular complexity index is 662. The Labute approximate surface area is 161 Å². The first-order valence-corrected chi connectivity index (χ1v) is 10.4. The average Bonchev–Trinajstić information content (AvgIpc) is 2.64. The summed E-state index contributed by atoms with van der Waals surface area (Å²) in [6, 6.07) is 6.09. The van der Waals surface area contributed by atoms with E-state index in [1.54, 1.807) is 13.0 Å². The van der Waals surface area contributed by atoms with Gasteiger partial charge < -0.3 is 9.80 Å². The topological polar surface area (TPSA) is 30.0 Å². The summed E-state index contributed by atoms with van der Waals surface area (Å²) in [6.45, 7) is 9.69. The van der Waals surface area contributed by atoms with Gasteiger partial charge in [0.1, 0.15) is 5.82 Å². The molecule has 1 aliphatic carbocycles. The lowest BCUT2D eigenvalue weighted by Crippen LogP contribution is -2.56. The summed E-state index contributed by atoms with van der Waals surface area (Å²) >= 11 is 0. The number of piperazine rings is 2. The summed E-state index contributed by atoms with van der Waals surface area (Å²) in [5, 5.41) is 0. The van der Waals surface area contributed by atoms with Crippen molar-refractivity contribution in [3.8, 4) is 0 Å². The first kappa shape index (κ1) is 18.7. The van der Waals surface area contributed by atoms with Crippen LogP contribution in [-0.2, 0) is 4.79 Å². The number of amides is 1. The molecule has 4 rings (SSSR count). The Hall–Kier alpha value is -1.66. The van der Waals surface area contributed by atoms with Gasteiger partial charge in [0.15, 0.2) is 0 Å². The van der Waals surface area contributed by atoms with Crippen LogP contribution >= 0.6 is 0 Å². The highest BCUT2D eigenvalue weighted by atomic mass is 19.1. The second-order valence-electron chi connectivity index (χ2n) is 8.20. The zero-order chi connectivity index (χ0) is 18.8. The van der Waals surface area contributed by atoms with Crippen molar-refractivity contribution in [2.24, 2.45) is 0 Å². The number of rotatable bonds is 4. The van der Waals surface area contributed by atoms with Crippen molar-refractivity contribution in [2.75, 3.05) is 63.8 Å². The van der Waals surface area contributed by atoms with Gasteiger partial charge in [-0.2, -0.15) is 0 Å². The molecule has 0 N–H and O–H groups in total. The van der Waals surface area contributed by atoms with Crippen molar-refractivity contribution < 1.29 is 9.18 Å². The van der Waals surface area contributed by atoms with Crippen molar-refractivity contribution in [1.29, 1.82) is 0 Å². The van der Waals surface area contributed by atoms with E-state index in [2.05, 4.69) is 14.7 Å². The third kappa shape index (κ3) is 4.27. The molecule has 27 heavy (non-hydrogen) atoms. The third-order valence-corrected chi connectivity index (χ3v) is 6.50. The number of hydrogen-bond acceptors (Lipinski definition) is 4. The minimum atomic E-state index is -0.152. The summed E-state index contributed by atoms with van der Waals surface area (Å²) in [5.41, 5.74) is 1.76. The maximum Gasteiger partial charge on any atom is 0.236 e. The Morgan fingerprint density at radius 2 is 1.74 bits per heavy atom. The molecule has 0 spiro atoms. The molecule has 1 aromatic carbocycles. The van der Waals surface area contributed by atoms with Gasteiger partial charge in [-0.05, 0) is 43.5 Å². The van der Waals surface area contributed by atoms with Crippen molar-refractivity contribution in [3.63, 3.8) is 0 Å². The largest absolute Gasteiger partial charge is 0.369 e. The number of benzene rings is 1. The second-order valence-corrected chi connectivity index (χ2v) is 8.20. The molecule has 2 heterocycles. The summed E-state index contributed by atoms with van der Waals surface area (Å²) in [6.07, 6.45) is 4.05.